The number of aromatic nitrogens is 2. The second-order valence-electron chi connectivity index (χ2n) is 9.17. The number of likely N-dealkylation sites (tertiary alicyclic amines) is 1. The van der Waals surface area contributed by atoms with Gasteiger partial charge in [-0.2, -0.15) is 5.10 Å². The van der Waals surface area contributed by atoms with Crippen LogP contribution in [0.25, 0.3) is 0 Å². The van der Waals surface area contributed by atoms with Crippen molar-refractivity contribution >= 4 is 5.91 Å². The molecule has 162 valence electrons. The van der Waals surface area contributed by atoms with E-state index in [9.17, 15) is 4.79 Å². The number of rotatable bonds is 4. The van der Waals surface area contributed by atoms with E-state index >= 15 is 0 Å². The molecular formula is C22H37N5O2. The second-order valence-corrected chi connectivity index (χ2v) is 9.17. The monoisotopic (exact) mass is 403 g/mol. The van der Waals surface area contributed by atoms with E-state index in [1.54, 1.807) is 10.9 Å². The van der Waals surface area contributed by atoms with Gasteiger partial charge in [0.15, 0.2) is 0 Å². The maximum absolute atomic E-state index is 12.9. The van der Waals surface area contributed by atoms with Crippen LogP contribution in [0.2, 0.25) is 0 Å². The molecule has 3 aliphatic rings. The first-order valence-corrected chi connectivity index (χ1v) is 11.4. The van der Waals surface area contributed by atoms with E-state index in [1.807, 2.05) is 17.9 Å². The van der Waals surface area contributed by atoms with Gasteiger partial charge < -0.3 is 9.64 Å². The first-order valence-electron chi connectivity index (χ1n) is 11.4. The SMILES string of the molecule is CCn1nccc1C(=O)N1CCC2(CC1)C[C@@H](N1CCN(C(C)C)CC1)CCO2. The molecule has 1 aromatic heterocycles. The van der Waals surface area contributed by atoms with Gasteiger partial charge in [0.2, 0.25) is 0 Å². The zero-order valence-corrected chi connectivity index (χ0v) is 18.3. The third kappa shape index (κ3) is 4.37. The highest BCUT2D eigenvalue weighted by molar-refractivity contribution is 5.92. The van der Waals surface area contributed by atoms with Gasteiger partial charge in [0.05, 0.1) is 5.60 Å². The Morgan fingerprint density at radius 2 is 1.93 bits per heavy atom. The molecule has 1 spiro atoms. The zero-order valence-electron chi connectivity index (χ0n) is 18.3. The van der Waals surface area contributed by atoms with Crippen molar-refractivity contribution in [3.8, 4) is 0 Å². The molecule has 3 fully saturated rings. The van der Waals surface area contributed by atoms with Gasteiger partial charge in [0, 0.05) is 70.7 Å². The maximum Gasteiger partial charge on any atom is 0.272 e. The Morgan fingerprint density at radius 1 is 1.21 bits per heavy atom. The highest BCUT2D eigenvalue weighted by atomic mass is 16.5. The molecule has 0 unspecified atom stereocenters. The van der Waals surface area contributed by atoms with Crippen molar-refractivity contribution < 1.29 is 9.53 Å². The van der Waals surface area contributed by atoms with Crippen LogP contribution in [0.4, 0.5) is 0 Å². The van der Waals surface area contributed by atoms with Crippen molar-refractivity contribution in [2.45, 2.75) is 70.7 Å². The Kier molecular flexibility index (Phi) is 6.27. The molecular weight excluding hydrogens is 366 g/mol. The number of carbonyl (C=O) groups is 1. The largest absolute Gasteiger partial charge is 0.375 e. The molecule has 0 N–H and O–H groups in total. The van der Waals surface area contributed by atoms with E-state index in [2.05, 4.69) is 28.7 Å². The van der Waals surface area contributed by atoms with Crippen LogP contribution in [0.1, 0.15) is 56.9 Å². The Hall–Kier alpha value is -1.44. The van der Waals surface area contributed by atoms with Gasteiger partial charge in [-0.25, -0.2) is 0 Å². The minimum atomic E-state index is -0.0418. The first kappa shape index (κ1) is 20.8. The van der Waals surface area contributed by atoms with Crippen LogP contribution in [0, 0.1) is 0 Å². The fourth-order valence-electron chi connectivity index (χ4n) is 5.33. The van der Waals surface area contributed by atoms with Crippen molar-refractivity contribution in [3.63, 3.8) is 0 Å². The molecule has 3 saturated heterocycles. The van der Waals surface area contributed by atoms with Gasteiger partial charge in [-0.3, -0.25) is 19.3 Å². The normalized spacial score (nSPS) is 26.3. The minimum Gasteiger partial charge on any atom is -0.375 e. The molecule has 4 rings (SSSR count). The molecule has 0 radical (unpaired) electrons. The van der Waals surface area contributed by atoms with Crippen molar-refractivity contribution in [1.29, 1.82) is 0 Å². The number of amides is 1. The van der Waals surface area contributed by atoms with E-state index in [1.165, 1.54) is 26.2 Å². The highest BCUT2D eigenvalue weighted by Crippen LogP contribution is 2.37. The third-order valence-electron chi connectivity index (χ3n) is 7.26. The van der Waals surface area contributed by atoms with Crippen molar-refractivity contribution in [2.24, 2.45) is 0 Å². The van der Waals surface area contributed by atoms with E-state index in [0.29, 0.717) is 17.8 Å². The Balaban J connectivity index is 1.33. The molecule has 0 aliphatic carbocycles. The Labute approximate surface area is 175 Å². The third-order valence-corrected chi connectivity index (χ3v) is 7.26. The second kappa shape index (κ2) is 8.74. The number of hydrogen-bond donors (Lipinski definition) is 0. The molecule has 1 aromatic rings. The van der Waals surface area contributed by atoms with Gasteiger partial charge in [0.1, 0.15) is 5.69 Å². The van der Waals surface area contributed by atoms with Gasteiger partial charge in [0.25, 0.3) is 5.91 Å². The lowest BCUT2D eigenvalue weighted by atomic mass is 9.81. The predicted octanol–water partition coefficient (Wildman–Crippen LogP) is 2.08. The minimum absolute atomic E-state index is 0.0418. The van der Waals surface area contributed by atoms with Gasteiger partial charge >= 0.3 is 0 Å². The molecule has 1 atom stereocenters. The fraction of sp³-hybridized carbons (Fsp3) is 0.818. The predicted molar refractivity (Wildman–Crippen MR) is 113 cm³/mol. The Morgan fingerprint density at radius 3 is 2.59 bits per heavy atom. The molecule has 1 amide bonds. The molecule has 3 aliphatic heterocycles. The Bertz CT molecular complexity index is 687. The van der Waals surface area contributed by atoms with Crippen LogP contribution in [0.5, 0.6) is 0 Å². The number of ether oxygens (including phenoxy) is 1. The van der Waals surface area contributed by atoms with Crippen LogP contribution in [0.15, 0.2) is 12.3 Å². The zero-order chi connectivity index (χ0) is 20.4. The summed E-state index contributed by atoms with van der Waals surface area (Å²) in [5.74, 6) is 0.108. The van der Waals surface area contributed by atoms with E-state index in [-0.39, 0.29) is 11.5 Å². The van der Waals surface area contributed by atoms with Crippen LogP contribution in [0.3, 0.4) is 0 Å². The summed E-state index contributed by atoms with van der Waals surface area (Å²) in [6, 6.07) is 3.10. The average molecular weight is 404 g/mol. The number of nitrogens with zero attached hydrogens (tertiary/aromatic N) is 5. The highest BCUT2D eigenvalue weighted by Gasteiger charge is 2.43. The number of hydrogen-bond acceptors (Lipinski definition) is 5. The maximum atomic E-state index is 12.9. The summed E-state index contributed by atoms with van der Waals surface area (Å²) in [6.07, 6.45) is 5.87. The standard InChI is InChI=1S/C22H37N5O2/c1-4-27-20(5-9-23-27)21(28)26-10-7-22(8-11-26)17-19(6-16-29-22)25-14-12-24(13-15-25)18(2)3/h5,9,18-19H,4,6-8,10-17H2,1-3H3/t19-/m0/s1. The lowest BCUT2D eigenvalue weighted by Gasteiger charge is -2.50. The van der Waals surface area contributed by atoms with Crippen molar-refractivity contribution in [2.75, 3.05) is 45.9 Å². The van der Waals surface area contributed by atoms with E-state index < -0.39 is 0 Å². The molecule has 29 heavy (non-hydrogen) atoms. The van der Waals surface area contributed by atoms with Crippen molar-refractivity contribution in [1.82, 2.24) is 24.5 Å². The van der Waals surface area contributed by atoms with Crippen molar-refractivity contribution in [3.05, 3.63) is 18.0 Å². The summed E-state index contributed by atoms with van der Waals surface area (Å²) in [6.45, 7) is 14.4. The molecule has 4 heterocycles. The molecule has 7 nitrogen and oxygen atoms in total. The lowest BCUT2D eigenvalue weighted by molar-refractivity contribution is -0.133. The molecule has 0 aromatic carbocycles. The summed E-state index contributed by atoms with van der Waals surface area (Å²) < 4.78 is 8.15. The van der Waals surface area contributed by atoms with E-state index in [0.717, 1.165) is 51.9 Å². The number of aryl methyl sites for hydroxylation is 1. The summed E-state index contributed by atoms with van der Waals surface area (Å²) in [4.78, 5) is 20.2. The van der Waals surface area contributed by atoms with E-state index in [4.69, 9.17) is 4.74 Å². The smallest absolute Gasteiger partial charge is 0.272 e. The van der Waals surface area contributed by atoms with Crippen LogP contribution in [-0.4, -0.2) is 93.9 Å². The molecule has 0 bridgehead atoms. The lowest BCUT2D eigenvalue weighted by Crippen LogP contribution is -2.58. The number of piperidine rings is 1. The first-order chi connectivity index (χ1) is 14.0. The summed E-state index contributed by atoms with van der Waals surface area (Å²) in [5, 5.41) is 4.25. The van der Waals surface area contributed by atoms with Gasteiger partial charge in [-0.05, 0) is 52.5 Å². The summed E-state index contributed by atoms with van der Waals surface area (Å²) in [5.41, 5.74) is 0.661. The van der Waals surface area contributed by atoms with Crippen LogP contribution < -0.4 is 0 Å². The quantitative estimate of drug-likeness (QED) is 0.771. The number of piperazine rings is 1. The number of carbonyl (C=O) groups excluding carboxylic acids is 1. The topological polar surface area (TPSA) is 53.8 Å². The fourth-order valence-corrected chi connectivity index (χ4v) is 5.33. The van der Waals surface area contributed by atoms with Crippen LogP contribution >= 0.6 is 0 Å². The van der Waals surface area contributed by atoms with Crippen LogP contribution in [-0.2, 0) is 11.3 Å². The molecule has 0 saturated carbocycles. The average Bonchev–Trinajstić information content (AvgIpc) is 3.23. The molecule has 7 heteroatoms. The summed E-state index contributed by atoms with van der Waals surface area (Å²) >= 11 is 0. The van der Waals surface area contributed by atoms with Gasteiger partial charge in [-0.15, -0.1) is 0 Å². The summed E-state index contributed by atoms with van der Waals surface area (Å²) in [7, 11) is 0. The van der Waals surface area contributed by atoms with Gasteiger partial charge in [-0.1, -0.05) is 0 Å².